The zero-order valence-electron chi connectivity index (χ0n) is 12.8. The molecule has 2 aromatic carbocycles. The summed E-state index contributed by atoms with van der Waals surface area (Å²) in [5.41, 5.74) is 7.09. The van der Waals surface area contributed by atoms with E-state index >= 15 is 0 Å². The molecule has 0 aliphatic heterocycles. The zero-order valence-corrected chi connectivity index (χ0v) is 15.2. The van der Waals surface area contributed by atoms with Gasteiger partial charge in [0, 0.05) is 22.5 Å². The molecule has 0 bridgehead atoms. The molecule has 24 heavy (non-hydrogen) atoms. The molecule has 7 heteroatoms. The number of nitrogens with zero attached hydrogens (tertiary/aromatic N) is 1. The van der Waals surface area contributed by atoms with Crippen molar-refractivity contribution in [2.45, 2.75) is 6.92 Å². The fourth-order valence-electron chi connectivity index (χ4n) is 2.21. The van der Waals surface area contributed by atoms with E-state index in [1.807, 2.05) is 30.5 Å². The number of hydrogen-bond acceptors (Lipinski definition) is 2. The lowest BCUT2D eigenvalue weighted by molar-refractivity contribution is 0.962. The minimum absolute atomic E-state index is 0.432. The number of H-pyrrole nitrogens is 1. The molecule has 122 valence electrons. The van der Waals surface area contributed by atoms with Gasteiger partial charge in [-0.05, 0) is 55.6 Å². The van der Waals surface area contributed by atoms with Crippen molar-refractivity contribution in [3.8, 4) is 11.3 Å². The summed E-state index contributed by atoms with van der Waals surface area (Å²) in [5, 5.41) is 4.21. The average Bonchev–Trinajstić information content (AvgIpc) is 2.91. The average molecular weight is 375 g/mol. The highest BCUT2D eigenvalue weighted by Gasteiger charge is 2.08. The van der Waals surface area contributed by atoms with Crippen LogP contribution in [0.25, 0.3) is 11.3 Å². The first-order valence-corrected chi connectivity index (χ1v) is 8.43. The van der Waals surface area contributed by atoms with Gasteiger partial charge in [0.15, 0.2) is 9.88 Å². The van der Waals surface area contributed by atoms with Crippen LogP contribution in [0.2, 0.25) is 5.02 Å². The van der Waals surface area contributed by atoms with E-state index in [2.05, 4.69) is 34.8 Å². The van der Waals surface area contributed by atoms with E-state index in [-0.39, 0.29) is 0 Å². The Balaban J connectivity index is 1.81. The van der Waals surface area contributed by atoms with Crippen LogP contribution in [0.4, 0.5) is 5.69 Å². The summed E-state index contributed by atoms with van der Waals surface area (Å²) in [5.74, 6) is 0. The van der Waals surface area contributed by atoms with Crippen LogP contribution >= 0.6 is 36.0 Å². The lowest BCUT2D eigenvalue weighted by atomic mass is 10.1. The van der Waals surface area contributed by atoms with E-state index in [0.717, 1.165) is 16.9 Å². The smallest absolute Gasteiger partial charge is 0.196 e. The Hall–Kier alpha value is -2.15. The first kappa shape index (κ1) is 16.7. The second-order valence-electron chi connectivity index (χ2n) is 5.25. The Labute approximate surface area is 155 Å². The number of aryl methyl sites for hydroxylation is 1. The molecule has 0 fully saturated rings. The maximum absolute atomic E-state index is 5.89. The van der Waals surface area contributed by atoms with Gasteiger partial charge in [0.05, 0.1) is 5.69 Å². The van der Waals surface area contributed by atoms with Crippen molar-refractivity contribution in [2.75, 3.05) is 10.7 Å². The van der Waals surface area contributed by atoms with Gasteiger partial charge in [-0.2, -0.15) is 0 Å². The lowest BCUT2D eigenvalue weighted by Crippen LogP contribution is -2.28. The Morgan fingerprint density at radius 1 is 1.08 bits per heavy atom. The number of aromatic amines is 1. The fourth-order valence-corrected chi connectivity index (χ4v) is 2.75. The summed E-state index contributed by atoms with van der Waals surface area (Å²) in [6, 6.07) is 15.5. The van der Waals surface area contributed by atoms with Gasteiger partial charge >= 0.3 is 0 Å². The maximum atomic E-state index is 5.89. The van der Waals surface area contributed by atoms with Crippen LogP contribution in [0.3, 0.4) is 0 Å². The molecule has 3 rings (SSSR count). The molecule has 0 amide bonds. The molecule has 3 aromatic rings. The largest absolute Gasteiger partial charge is 0.335 e. The van der Waals surface area contributed by atoms with Crippen LogP contribution in [0, 0.1) is 11.7 Å². The summed E-state index contributed by atoms with van der Waals surface area (Å²) >= 11 is 16.6. The van der Waals surface area contributed by atoms with Crippen molar-refractivity contribution < 1.29 is 0 Å². The molecule has 0 spiro atoms. The molecule has 1 aromatic heterocycles. The first-order valence-electron chi connectivity index (χ1n) is 7.24. The SMILES string of the molecule is Cc1ccc(-c2c[nH]c(=S)n2NC(=S)Nc2ccc(Cl)cc2)cc1. The van der Waals surface area contributed by atoms with Crippen molar-refractivity contribution in [3.05, 3.63) is 70.1 Å². The van der Waals surface area contributed by atoms with Crippen LogP contribution in [-0.2, 0) is 0 Å². The predicted molar refractivity (Wildman–Crippen MR) is 107 cm³/mol. The molecule has 0 aliphatic carbocycles. The highest BCUT2D eigenvalue weighted by molar-refractivity contribution is 7.80. The molecule has 0 atom stereocenters. The van der Waals surface area contributed by atoms with Gasteiger partial charge in [0.25, 0.3) is 0 Å². The molecule has 0 aliphatic rings. The van der Waals surface area contributed by atoms with Crippen LogP contribution < -0.4 is 10.7 Å². The van der Waals surface area contributed by atoms with Gasteiger partial charge in [-0.15, -0.1) is 0 Å². The zero-order chi connectivity index (χ0) is 17.1. The molecular formula is C17H15ClN4S2. The van der Waals surface area contributed by atoms with Crippen molar-refractivity contribution in [2.24, 2.45) is 0 Å². The number of thiocarbonyl (C=S) groups is 1. The highest BCUT2D eigenvalue weighted by atomic mass is 35.5. The third-order valence-electron chi connectivity index (χ3n) is 3.44. The number of imidazole rings is 1. The predicted octanol–water partition coefficient (Wildman–Crippen LogP) is 5.12. The maximum Gasteiger partial charge on any atom is 0.196 e. The standard InChI is InChI=1S/C17H15ClN4S2/c1-11-2-4-12(5-3-11)15-10-19-17(24)22(15)21-16(23)20-14-8-6-13(18)7-9-14/h2-10H,1H3,(H,19,24)(H2,20,21,23). The van der Waals surface area contributed by atoms with Gasteiger partial charge in [-0.25, -0.2) is 4.68 Å². The van der Waals surface area contributed by atoms with E-state index in [1.54, 1.807) is 16.8 Å². The van der Waals surface area contributed by atoms with Crippen LogP contribution in [-0.4, -0.2) is 14.8 Å². The van der Waals surface area contributed by atoms with Crippen molar-refractivity contribution in [1.82, 2.24) is 9.66 Å². The minimum Gasteiger partial charge on any atom is -0.335 e. The van der Waals surface area contributed by atoms with Crippen molar-refractivity contribution in [3.63, 3.8) is 0 Å². The van der Waals surface area contributed by atoms with E-state index in [0.29, 0.717) is 14.9 Å². The third-order valence-corrected chi connectivity index (χ3v) is 4.18. The number of anilines is 1. The number of nitrogens with one attached hydrogen (secondary N) is 3. The van der Waals surface area contributed by atoms with E-state index in [4.69, 9.17) is 36.0 Å². The second kappa shape index (κ2) is 7.17. The molecule has 0 radical (unpaired) electrons. The van der Waals surface area contributed by atoms with Gasteiger partial charge < -0.3 is 10.3 Å². The Kier molecular flexibility index (Phi) is 4.99. The van der Waals surface area contributed by atoms with E-state index < -0.39 is 0 Å². The molecule has 0 unspecified atom stereocenters. The summed E-state index contributed by atoms with van der Waals surface area (Å²) in [6.07, 6.45) is 1.85. The molecule has 0 saturated heterocycles. The summed E-state index contributed by atoms with van der Waals surface area (Å²) in [7, 11) is 0. The van der Waals surface area contributed by atoms with Crippen LogP contribution in [0.15, 0.2) is 54.7 Å². The Bertz CT molecular complexity index is 911. The summed E-state index contributed by atoms with van der Waals surface area (Å²) in [6.45, 7) is 2.05. The lowest BCUT2D eigenvalue weighted by Gasteiger charge is -2.14. The Morgan fingerprint density at radius 2 is 1.75 bits per heavy atom. The first-order chi connectivity index (χ1) is 11.5. The number of halogens is 1. The number of rotatable bonds is 3. The minimum atomic E-state index is 0.432. The normalized spacial score (nSPS) is 10.4. The van der Waals surface area contributed by atoms with Crippen molar-refractivity contribution in [1.29, 1.82) is 0 Å². The van der Waals surface area contributed by atoms with Gasteiger partial charge in [-0.3, -0.25) is 5.43 Å². The van der Waals surface area contributed by atoms with Gasteiger partial charge in [0.2, 0.25) is 0 Å². The van der Waals surface area contributed by atoms with E-state index in [9.17, 15) is 0 Å². The van der Waals surface area contributed by atoms with Crippen LogP contribution in [0.5, 0.6) is 0 Å². The summed E-state index contributed by atoms with van der Waals surface area (Å²) in [4.78, 5) is 3.04. The molecule has 4 nitrogen and oxygen atoms in total. The summed E-state index contributed by atoms with van der Waals surface area (Å²) < 4.78 is 2.27. The quantitative estimate of drug-likeness (QED) is 0.557. The fraction of sp³-hybridized carbons (Fsp3) is 0.0588. The third kappa shape index (κ3) is 3.84. The Morgan fingerprint density at radius 3 is 2.42 bits per heavy atom. The van der Waals surface area contributed by atoms with Crippen LogP contribution in [0.1, 0.15) is 5.56 Å². The molecule has 3 N–H and O–H groups in total. The van der Waals surface area contributed by atoms with Gasteiger partial charge in [0.1, 0.15) is 0 Å². The topological polar surface area (TPSA) is 44.8 Å². The monoisotopic (exact) mass is 374 g/mol. The highest BCUT2D eigenvalue weighted by Crippen LogP contribution is 2.19. The molecular weight excluding hydrogens is 360 g/mol. The number of aromatic nitrogens is 2. The van der Waals surface area contributed by atoms with Crippen molar-refractivity contribution >= 4 is 46.8 Å². The molecule has 1 heterocycles. The van der Waals surface area contributed by atoms with Gasteiger partial charge in [-0.1, -0.05) is 41.4 Å². The number of benzene rings is 2. The van der Waals surface area contributed by atoms with E-state index in [1.165, 1.54) is 5.56 Å². The molecule has 0 saturated carbocycles. The second-order valence-corrected chi connectivity index (χ2v) is 6.48. The number of hydrogen-bond donors (Lipinski definition) is 3.